The molecule has 0 atom stereocenters. The number of carbonyl (C=O) groups excluding carboxylic acids is 3. The molecule has 0 bridgehead atoms. The molecular weight excluding hydrogens is 234 g/mol. The number of amides is 3. The molecule has 0 spiro atoms. The van der Waals surface area contributed by atoms with Crippen molar-refractivity contribution in [3.8, 4) is 0 Å². The quantitative estimate of drug-likeness (QED) is 0.488. The lowest BCUT2D eigenvalue weighted by molar-refractivity contribution is -0.141. The lowest BCUT2D eigenvalue weighted by atomic mass is 10.0. The Morgan fingerprint density at radius 3 is 2.17 bits per heavy atom. The molecule has 0 heterocycles. The summed E-state index contributed by atoms with van der Waals surface area (Å²) in [6, 6.07) is 0.137. The summed E-state index contributed by atoms with van der Waals surface area (Å²) in [6.07, 6.45) is 6.76. The van der Waals surface area contributed by atoms with Gasteiger partial charge in [-0.25, -0.2) is 0 Å². The van der Waals surface area contributed by atoms with Gasteiger partial charge in [0.05, 0.1) is 0 Å². The molecule has 18 heavy (non-hydrogen) atoms. The molecule has 2 rings (SSSR count). The highest BCUT2D eigenvalue weighted by molar-refractivity contribution is 6.35. The Balaban J connectivity index is 1.61. The zero-order valence-electron chi connectivity index (χ0n) is 10.3. The summed E-state index contributed by atoms with van der Waals surface area (Å²) in [6.45, 7) is 0. The van der Waals surface area contributed by atoms with E-state index < -0.39 is 11.8 Å². The molecule has 2 saturated carbocycles. The minimum Gasteiger partial charge on any atom is -0.345 e. The van der Waals surface area contributed by atoms with Gasteiger partial charge in [-0.1, -0.05) is 12.8 Å². The molecule has 0 unspecified atom stereocenters. The molecule has 0 radical (unpaired) electrons. The monoisotopic (exact) mass is 253 g/mol. The summed E-state index contributed by atoms with van der Waals surface area (Å²) in [4.78, 5) is 34.1. The van der Waals surface area contributed by atoms with Crippen molar-refractivity contribution in [3.05, 3.63) is 0 Å². The molecule has 0 aromatic rings. The van der Waals surface area contributed by atoms with Crippen LogP contribution in [0.1, 0.15) is 44.9 Å². The van der Waals surface area contributed by atoms with Gasteiger partial charge in [0.25, 0.3) is 0 Å². The Morgan fingerprint density at radius 1 is 0.889 bits per heavy atom. The van der Waals surface area contributed by atoms with Gasteiger partial charge in [0.1, 0.15) is 0 Å². The topological polar surface area (TPSA) is 87.3 Å². The largest absolute Gasteiger partial charge is 0.345 e. The number of hydrogen-bond donors (Lipinski definition) is 3. The molecule has 2 aliphatic rings. The van der Waals surface area contributed by atoms with E-state index in [0.717, 1.165) is 25.7 Å². The highest BCUT2D eigenvalue weighted by atomic mass is 16.2. The molecule has 2 aliphatic carbocycles. The first-order valence-corrected chi connectivity index (χ1v) is 6.55. The van der Waals surface area contributed by atoms with E-state index in [2.05, 4.69) is 16.2 Å². The van der Waals surface area contributed by atoms with Crippen LogP contribution in [0.5, 0.6) is 0 Å². The molecule has 3 N–H and O–H groups in total. The second-order valence-corrected chi connectivity index (χ2v) is 5.10. The van der Waals surface area contributed by atoms with Gasteiger partial charge in [-0.05, 0) is 31.6 Å². The molecule has 0 saturated heterocycles. The first kappa shape index (κ1) is 12.9. The fourth-order valence-corrected chi connectivity index (χ4v) is 2.19. The van der Waals surface area contributed by atoms with Crippen LogP contribution in [0.3, 0.4) is 0 Å². The molecule has 100 valence electrons. The van der Waals surface area contributed by atoms with Crippen molar-refractivity contribution in [1.82, 2.24) is 16.2 Å². The fourth-order valence-electron chi connectivity index (χ4n) is 2.19. The van der Waals surface area contributed by atoms with Crippen LogP contribution in [0, 0.1) is 5.92 Å². The summed E-state index contributed by atoms with van der Waals surface area (Å²) in [5.74, 6) is -1.29. The molecule has 0 aliphatic heterocycles. The van der Waals surface area contributed by atoms with E-state index in [0.29, 0.717) is 12.3 Å². The molecule has 3 amide bonds. The van der Waals surface area contributed by atoms with E-state index in [-0.39, 0.29) is 11.9 Å². The molecule has 2 fully saturated rings. The SMILES string of the molecule is O=C(CC1CCCC1)NNC(=O)C(=O)NC1CC1. The molecule has 0 aromatic heterocycles. The van der Waals surface area contributed by atoms with Gasteiger partial charge in [0, 0.05) is 12.5 Å². The van der Waals surface area contributed by atoms with Crippen molar-refractivity contribution in [1.29, 1.82) is 0 Å². The van der Waals surface area contributed by atoms with Crippen LogP contribution in [-0.4, -0.2) is 23.8 Å². The molecular formula is C12H19N3O3. The minimum atomic E-state index is -0.804. The smallest absolute Gasteiger partial charge is 0.327 e. The van der Waals surface area contributed by atoms with Crippen LogP contribution in [0.15, 0.2) is 0 Å². The summed E-state index contributed by atoms with van der Waals surface area (Å²) in [7, 11) is 0. The minimum absolute atomic E-state index is 0.137. The standard InChI is InChI=1S/C12H19N3O3/c16-10(7-8-3-1-2-4-8)14-15-12(18)11(17)13-9-5-6-9/h8-9H,1-7H2,(H,13,17)(H,14,16)(H,15,18). The van der Waals surface area contributed by atoms with E-state index >= 15 is 0 Å². The summed E-state index contributed by atoms with van der Waals surface area (Å²) >= 11 is 0. The van der Waals surface area contributed by atoms with E-state index in [1.54, 1.807) is 0 Å². The second kappa shape index (κ2) is 5.84. The number of rotatable bonds is 3. The Bertz CT molecular complexity index is 346. The summed E-state index contributed by atoms with van der Waals surface area (Å²) in [5, 5.41) is 2.55. The Labute approximate surface area is 106 Å². The first-order valence-electron chi connectivity index (χ1n) is 6.55. The third kappa shape index (κ3) is 4.01. The lowest BCUT2D eigenvalue weighted by Crippen LogP contribution is -2.49. The summed E-state index contributed by atoms with van der Waals surface area (Å²) in [5.41, 5.74) is 4.42. The van der Waals surface area contributed by atoms with Gasteiger partial charge < -0.3 is 5.32 Å². The van der Waals surface area contributed by atoms with Gasteiger partial charge in [0.2, 0.25) is 5.91 Å². The van der Waals surface area contributed by atoms with E-state index in [1.165, 1.54) is 12.8 Å². The third-order valence-corrected chi connectivity index (χ3v) is 3.38. The zero-order chi connectivity index (χ0) is 13.0. The number of hydrogen-bond acceptors (Lipinski definition) is 3. The van der Waals surface area contributed by atoms with Crippen molar-refractivity contribution in [2.75, 3.05) is 0 Å². The predicted molar refractivity (Wildman–Crippen MR) is 64.0 cm³/mol. The average Bonchev–Trinajstić information content (AvgIpc) is 3.00. The molecule has 6 nitrogen and oxygen atoms in total. The lowest BCUT2D eigenvalue weighted by Gasteiger charge is -2.10. The van der Waals surface area contributed by atoms with Crippen LogP contribution in [0.4, 0.5) is 0 Å². The highest BCUT2D eigenvalue weighted by Gasteiger charge is 2.26. The number of nitrogens with one attached hydrogen (secondary N) is 3. The average molecular weight is 253 g/mol. The Kier molecular flexibility index (Phi) is 4.17. The maximum Gasteiger partial charge on any atom is 0.327 e. The second-order valence-electron chi connectivity index (χ2n) is 5.10. The third-order valence-electron chi connectivity index (χ3n) is 3.38. The zero-order valence-corrected chi connectivity index (χ0v) is 10.3. The van der Waals surface area contributed by atoms with Crippen LogP contribution in [0.2, 0.25) is 0 Å². The van der Waals surface area contributed by atoms with Crippen LogP contribution >= 0.6 is 0 Å². The van der Waals surface area contributed by atoms with Crippen molar-refractivity contribution in [2.24, 2.45) is 5.92 Å². The van der Waals surface area contributed by atoms with E-state index in [1.807, 2.05) is 0 Å². The number of carbonyl (C=O) groups is 3. The first-order chi connectivity index (χ1) is 8.65. The van der Waals surface area contributed by atoms with Crippen molar-refractivity contribution < 1.29 is 14.4 Å². The highest BCUT2D eigenvalue weighted by Crippen LogP contribution is 2.27. The molecule has 0 aromatic carbocycles. The number of hydrazine groups is 1. The Morgan fingerprint density at radius 2 is 1.56 bits per heavy atom. The fraction of sp³-hybridized carbons (Fsp3) is 0.750. The summed E-state index contributed by atoms with van der Waals surface area (Å²) < 4.78 is 0. The van der Waals surface area contributed by atoms with Crippen molar-refractivity contribution in [2.45, 2.75) is 51.0 Å². The van der Waals surface area contributed by atoms with Crippen LogP contribution in [-0.2, 0) is 14.4 Å². The van der Waals surface area contributed by atoms with Gasteiger partial charge in [-0.3, -0.25) is 25.2 Å². The van der Waals surface area contributed by atoms with Gasteiger partial charge in [-0.15, -0.1) is 0 Å². The predicted octanol–water partition coefficient (Wildman–Crippen LogP) is -0.00730. The van der Waals surface area contributed by atoms with Gasteiger partial charge in [-0.2, -0.15) is 0 Å². The Hall–Kier alpha value is -1.59. The maximum absolute atomic E-state index is 11.5. The molecule has 6 heteroatoms. The van der Waals surface area contributed by atoms with Gasteiger partial charge in [0.15, 0.2) is 0 Å². The van der Waals surface area contributed by atoms with Crippen LogP contribution in [0.25, 0.3) is 0 Å². The van der Waals surface area contributed by atoms with Crippen molar-refractivity contribution in [3.63, 3.8) is 0 Å². The maximum atomic E-state index is 11.5. The van der Waals surface area contributed by atoms with E-state index in [4.69, 9.17) is 0 Å². The van der Waals surface area contributed by atoms with Gasteiger partial charge >= 0.3 is 11.8 Å². The van der Waals surface area contributed by atoms with Crippen molar-refractivity contribution >= 4 is 17.7 Å². The van der Waals surface area contributed by atoms with E-state index in [9.17, 15) is 14.4 Å². The normalized spacial score (nSPS) is 19.3. The van der Waals surface area contributed by atoms with Crippen LogP contribution < -0.4 is 16.2 Å².